The first-order valence-electron chi connectivity index (χ1n) is 9.33. The van der Waals surface area contributed by atoms with E-state index < -0.39 is 5.92 Å². The highest BCUT2D eigenvalue weighted by atomic mass is 16.5. The summed E-state index contributed by atoms with van der Waals surface area (Å²) in [7, 11) is 0. The molecule has 1 atom stereocenters. The second kappa shape index (κ2) is 7.34. The van der Waals surface area contributed by atoms with E-state index in [1.54, 1.807) is 10.7 Å². The normalized spacial score (nSPS) is 18.8. The fourth-order valence-corrected chi connectivity index (χ4v) is 3.49. The van der Waals surface area contributed by atoms with Gasteiger partial charge in [0.05, 0.1) is 6.54 Å². The van der Waals surface area contributed by atoms with Crippen LogP contribution in [-0.2, 0) is 11.3 Å². The van der Waals surface area contributed by atoms with Crippen molar-refractivity contribution in [3.8, 4) is 11.4 Å². The summed E-state index contributed by atoms with van der Waals surface area (Å²) in [5, 5.41) is 4.07. The zero-order valence-corrected chi connectivity index (χ0v) is 15.8. The lowest BCUT2D eigenvalue weighted by molar-refractivity contribution is -0.460. The van der Waals surface area contributed by atoms with Crippen molar-refractivity contribution in [3.63, 3.8) is 0 Å². The molecule has 1 unspecified atom stereocenters. The van der Waals surface area contributed by atoms with E-state index in [1.807, 2.05) is 56.3 Å². The van der Waals surface area contributed by atoms with Crippen LogP contribution >= 0.6 is 0 Å². The van der Waals surface area contributed by atoms with E-state index in [4.69, 9.17) is 4.52 Å². The Morgan fingerprint density at radius 3 is 2.82 bits per heavy atom. The molecule has 2 aliphatic rings. The Balaban J connectivity index is 1.69. The molecule has 1 aliphatic carbocycles. The average Bonchev–Trinajstić information content (AvgIpc) is 3.17. The summed E-state index contributed by atoms with van der Waals surface area (Å²) in [6, 6.07) is 7.42. The van der Waals surface area contributed by atoms with Crippen LogP contribution in [0.4, 0.5) is 4.79 Å². The molecule has 7 nitrogen and oxygen atoms in total. The number of nitrogens with zero attached hydrogens (tertiary/aromatic N) is 4. The van der Waals surface area contributed by atoms with Crippen LogP contribution in [0.25, 0.3) is 11.4 Å². The van der Waals surface area contributed by atoms with Crippen LogP contribution in [0.2, 0.25) is 0 Å². The molecule has 0 bridgehead atoms. The van der Waals surface area contributed by atoms with Crippen molar-refractivity contribution in [2.75, 3.05) is 6.54 Å². The number of urea groups is 1. The predicted octanol–water partition coefficient (Wildman–Crippen LogP) is 3.11. The molecule has 1 aromatic carbocycles. The van der Waals surface area contributed by atoms with Crippen LogP contribution in [0.15, 0.2) is 53.1 Å². The van der Waals surface area contributed by atoms with Crippen molar-refractivity contribution in [2.45, 2.75) is 26.8 Å². The third kappa shape index (κ3) is 3.09. The van der Waals surface area contributed by atoms with Gasteiger partial charge < -0.3 is 4.52 Å². The Morgan fingerprint density at radius 2 is 2.04 bits per heavy atom. The van der Waals surface area contributed by atoms with Gasteiger partial charge in [-0.05, 0) is 25.0 Å². The first kappa shape index (κ1) is 18.0. The van der Waals surface area contributed by atoms with Crippen LogP contribution in [0, 0.1) is 12.8 Å². The number of carbonyl (C=O) groups is 2. The molecule has 0 fully saturated rings. The largest absolute Gasteiger partial charge is 0.501 e. The number of rotatable bonds is 5. The monoisotopic (exact) mass is 377 g/mol. The Hall–Kier alpha value is -3.35. The number of allylic oxidation sites excluding steroid dienone is 3. The molecule has 4 rings (SSSR count). The number of aromatic nitrogens is 2. The highest BCUT2D eigenvalue weighted by molar-refractivity contribution is 6.16. The number of carbonyl (C=O) groups excluding carboxylic acids is 2. The Morgan fingerprint density at radius 1 is 1.21 bits per heavy atom. The number of benzene rings is 1. The van der Waals surface area contributed by atoms with Gasteiger partial charge in [-0.25, -0.2) is 4.79 Å². The summed E-state index contributed by atoms with van der Waals surface area (Å²) < 4.78 is 6.97. The summed E-state index contributed by atoms with van der Waals surface area (Å²) in [4.78, 5) is 31.5. The smallest absolute Gasteiger partial charge is 0.335 e. The number of aryl methyl sites for hydroxylation is 1. The van der Waals surface area contributed by atoms with Gasteiger partial charge in [0, 0.05) is 5.56 Å². The quantitative estimate of drug-likeness (QED) is 0.748. The third-order valence-electron chi connectivity index (χ3n) is 4.90. The maximum atomic E-state index is 13.0. The van der Waals surface area contributed by atoms with Crippen LogP contribution in [0.5, 0.6) is 0 Å². The molecule has 1 aromatic heterocycles. The average molecular weight is 377 g/mol. The first-order chi connectivity index (χ1) is 13.6. The standard InChI is InChI=1S/C21H21N4O3/c1-3-12-24-20(26)16-10-6-7-11-17(16)25(21(24)27)13-18-22-19(23-28-18)15-9-5-4-8-14(15)2/h4-11,16H,3,12-13H2,1-2H3/q+1. The van der Waals surface area contributed by atoms with Gasteiger partial charge in [0.15, 0.2) is 6.54 Å². The molecule has 2 aromatic rings. The SMILES string of the molecule is CCCN1C(=O)C2C=CC=CC2=[N+](Cc2nc(-c3ccccc3C)no2)C1=O. The molecule has 0 radical (unpaired) electrons. The molecule has 2 heterocycles. The van der Waals surface area contributed by atoms with Crippen LogP contribution in [0.1, 0.15) is 24.8 Å². The molecule has 0 saturated heterocycles. The molecule has 7 heteroatoms. The summed E-state index contributed by atoms with van der Waals surface area (Å²) in [6.45, 7) is 4.42. The molecule has 0 saturated carbocycles. The van der Waals surface area contributed by atoms with E-state index in [9.17, 15) is 9.59 Å². The first-order valence-corrected chi connectivity index (χ1v) is 9.33. The van der Waals surface area contributed by atoms with Crippen molar-refractivity contribution < 1.29 is 18.7 Å². The van der Waals surface area contributed by atoms with Gasteiger partial charge in [-0.2, -0.15) is 19.3 Å². The Kier molecular flexibility index (Phi) is 4.73. The van der Waals surface area contributed by atoms with Gasteiger partial charge in [-0.3, -0.25) is 0 Å². The molecule has 28 heavy (non-hydrogen) atoms. The minimum atomic E-state index is -0.465. The van der Waals surface area contributed by atoms with E-state index in [2.05, 4.69) is 10.1 Å². The van der Waals surface area contributed by atoms with Gasteiger partial charge >= 0.3 is 11.9 Å². The number of imide groups is 1. The van der Waals surface area contributed by atoms with Crippen LogP contribution in [0.3, 0.4) is 0 Å². The van der Waals surface area contributed by atoms with Gasteiger partial charge in [0.1, 0.15) is 11.6 Å². The van der Waals surface area contributed by atoms with Gasteiger partial charge in [0.2, 0.25) is 5.82 Å². The van der Waals surface area contributed by atoms with Crippen molar-refractivity contribution >= 4 is 17.6 Å². The second-order valence-corrected chi connectivity index (χ2v) is 6.83. The zero-order valence-electron chi connectivity index (χ0n) is 15.8. The van der Waals surface area contributed by atoms with Crippen LogP contribution < -0.4 is 0 Å². The van der Waals surface area contributed by atoms with Crippen molar-refractivity contribution in [1.29, 1.82) is 0 Å². The summed E-state index contributed by atoms with van der Waals surface area (Å²) in [6.07, 6.45) is 7.95. The molecule has 0 spiro atoms. The summed E-state index contributed by atoms with van der Waals surface area (Å²) >= 11 is 0. The topological polar surface area (TPSA) is 79.3 Å². The molecule has 3 amide bonds. The van der Waals surface area contributed by atoms with Crippen molar-refractivity contribution in [1.82, 2.24) is 15.0 Å². The lowest BCUT2D eigenvalue weighted by atomic mass is 9.94. The maximum absolute atomic E-state index is 13.0. The molecule has 142 valence electrons. The third-order valence-corrected chi connectivity index (χ3v) is 4.90. The number of hydrogen-bond acceptors (Lipinski definition) is 5. The van der Waals surface area contributed by atoms with E-state index >= 15 is 0 Å². The summed E-state index contributed by atoms with van der Waals surface area (Å²) in [5.41, 5.74) is 2.56. The van der Waals surface area contributed by atoms with E-state index in [1.165, 1.54) is 4.90 Å². The van der Waals surface area contributed by atoms with Gasteiger partial charge in [0.25, 0.3) is 5.89 Å². The molecular formula is C21H21N4O3+. The Labute approximate surface area is 162 Å². The lowest BCUT2D eigenvalue weighted by Crippen LogP contribution is -2.54. The van der Waals surface area contributed by atoms with Gasteiger partial charge in [-0.1, -0.05) is 54.6 Å². The molecule has 1 aliphatic heterocycles. The van der Waals surface area contributed by atoms with Crippen molar-refractivity contribution in [2.24, 2.45) is 5.92 Å². The van der Waals surface area contributed by atoms with Gasteiger partial charge in [-0.15, -0.1) is 0 Å². The number of fused-ring (bicyclic) bond motifs is 1. The van der Waals surface area contributed by atoms with E-state index in [0.717, 1.165) is 11.1 Å². The molecular weight excluding hydrogens is 356 g/mol. The number of hydrogen-bond donors (Lipinski definition) is 0. The minimum Gasteiger partial charge on any atom is -0.335 e. The predicted molar refractivity (Wildman–Crippen MR) is 103 cm³/mol. The highest BCUT2D eigenvalue weighted by Crippen LogP contribution is 2.23. The Bertz CT molecular complexity index is 1030. The maximum Gasteiger partial charge on any atom is 0.501 e. The highest BCUT2D eigenvalue weighted by Gasteiger charge is 2.46. The summed E-state index contributed by atoms with van der Waals surface area (Å²) in [5.74, 6) is 0.157. The van der Waals surface area contributed by atoms with Crippen molar-refractivity contribution in [3.05, 3.63) is 60.0 Å². The molecule has 0 N–H and O–H groups in total. The fraction of sp³-hybridized carbons (Fsp3) is 0.286. The van der Waals surface area contributed by atoms with E-state index in [-0.39, 0.29) is 18.5 Å². The van der Waals surface area contributed by atoms with Crippen LogP contribution in [-0.4, -0.2) is 43.8 Å². The zero-order chi connectivity index (χ0) is 19.7. The number of amides is 3. The fourth-order valence-electron chi connectivity index (χ4n) is 3.49. The lowest BCUT2D eigenvalue weighted by Gasteiger charge is -2.26. The van der Waals surface area contributed by atoms with E-state index in [0.29, 0.717) is 30.4 Å². The second-order valence-electron chi connectivity index (χ2n) is 6.83. The minimum absolute atomic E-state index is 0.120.